The lowest BCUT2D eigenvalue weighted by atomic mass is 9.95. The number of sulfonamides is 1. The average molecular weight is 363 g/mol. The van der Waals surface area contributed by atoms with Gasteiger partial charge in [0.25, 0.3) is 0 Å². The van der Waals surface area contributed by atoms with E-state index >= 15 is 0 Å². The van der Waals surface area contributed by atoms with E-state index in [1.54, 1.807) is 30.3 Å². The minimum atomic E-state index is -3.75. The Morgan fingerprint density at radius 3 is 2.52 bits per heavy atom. The Bertz CT molecular complexity index is 785. The van der Waals surface area contributed by atoms with E-state index in [0.717, 1.165) is 32.1 Å². The molecule has 2 aromatic rings. The third-order valence-electron chi connectivity index (χ3n) is 4.34. The van der Waals surface area contributed by atoms with E-state index < -0.39 is 15.9 Å². The molecule has 1 fully saturated rings. The first-order valence-corrected chi connectivity index (χ1v) is 9.78. The van der Waals surface area contributed by atoms with Crippen molar-refractivity contribution in [2.75, 3.05) is 11.9 Å². The second-order valence-electron chi connectivity index (χ2n) is 6.09. The van der Waals surface area contributed by atoms with Crippen LogP contribution in [0.1, 0.15) is 32.1 Å². The Labute approximate surface area is 147 Å². The highest BCUT2D eigenvalue weighted by atomic mass is 32.2. The molecule has 8 heteroatoms. The number of hydrogen-bond donors (Lipinski definition) is 1. The fraction of sp³-hybridized carbons (Fsp3) is 0.412. The molecule has 1 aromatic heterocycles. The van der Waals surface area contributed by atoms with Crippen molar-refractivity contribution < 1.29 is 17.7 Å². The van der Waals surface area contributed by atoms with Crippen molar-refractivity contribution in [1.29, 1.82) is 0 Å². The minimum absolute atomic E-state index is 0.165. The number of benzene rings is 1. The van der Waals surface area contributed by atoms with Crippen molar-refractivity contribution in [3.05, 3.63) is 42.7 Å². The lowest BCUT2D eigenvalue weighted by Crippen LogP contribution is -2.45. The topological polar surface area (TPSA) is 92.5 Å². The summed E-state index contributed by atoms with van der Waals surface area (Å²) in [5.41, 5.74) is 0. The molecule has 1 amide bonds. The highest BCUT2D eigenvalue weighted by Gasteiger charge is 2.33. The van der Waals surface area contributed by atoms with Crippen molar-refractivity contribution in [3.8, 4) is 0 Å². The summed E-state index contributed by atoms with van der Waals surface area (Å²) in [5, 5.41) is 6.19. The summed E-state index contributed by atoms with van der Waals surface area (Å²) in [6.45, 7) is -0.241. The number of hydrogen-bond acceptors (Lipinski definition) is 5. The normalized spacial score (nSPS) is 16.0. The molecule has 0 saturated heterocycles. The number of carbonyl (C=O) groups is 1. The first-order chi connectivity index (χ1) is 12.1. The molecule has 1 aromatic carbocycles. The molecule has 134 valence electrons. The average Bonchev–Trinajstić information content (AvgIpc) is 3.14. The first kappa shape index (κ1) is 17.6. The van der Waals surface area contributed by atoms with Gasteiger partial charge in [0, 0.05) is 12.1 Å². The molecule has 0 aliphatic heterocycles. The summed E-state index contributed by atoms with van der Waals surface area (Å²) in [4.78, 5) is 12.5. The summed E-state index contributed by atoms with van der Waals surface area (Å²) < 4.78 is 32.2. The first-order valence-electron chi connectivity index (χ1n) is 8.34. The van der Waals surface area contributed by atoms with Gasteiger partial charge in [0.05, 0.1) is 11.4 Å². The van der Waals surface area contributed by atoms with Crippen molar-refractivity contribution in [1.82, 2.24) is 9.46 Å². The second kappa shape index (κ2) is 7.79. The van der Waals surface area contributed by atoms with E-state index in [1.165, 1.54) is 16.6 Å². The zero-order chi connectivity index (χ0) is 17.7. The third kappa shape index (κ3) is 4.26. The molecule has 0 spiro atoms. The Balaban J connectivity index is 1.83. The molecule has 1 saturated carbocycles. The van der Waals surface area contributed by atoms with Crippen LogP contribution in [0, 0.1) is 0 Å². The van der Waals surface area contributed by atoms with Crippen LogP contribution in [0.2, 0.25) is 0 Å². The van der Waals surface area contributed by atoms with Gasteiger partial charge < -0.3 is 9.84 Å². The lowest BCUT2D eigenvalue weighted by Gasteiger charge is -2.32. The van der Waals surface area contributed by atoms with Gasteiger partial charge in [-0.25, -0.2) is 8.42 Å². The Hall–Kier alpha value is -2.19. The maximum Gasteiger partial charge on any atom is 0.243 e. The van der Waals surface area contributed by atoms with E-state index in [-0.39, 0.29) is 23.3 Å². The zero-order valence-corrected chi connectivity index (χ0v) is 14.6. The highest BCUT2D eigenvalue weighted by molar-refractivity contribution is 7.89. The molecule has 25 heavy (non-hydrogen) atoms. The van der Waals surface area contributed by atoms with Crippen molar-refractivity contribution in [2.24, 2.45) is 0 Å². The number of amides is 1. The third-order valence-corrected chi connectivity index (χ3v) is 6.25. The van der Waals surface area contributed by atoms with E-state index in [0.29, 0.717) is 0 Å². The summed E-state index contributed by atoms with van der Waals surface area (Å²) in [5.74, 6) is -0.162. The van der Waals surface area contributed by atoms with Gasteiger partial charge in [-0.2, -0.15) is 4.31 Å². The van der Waals surface area contributed by atoms with Crippen LogP contribution in [0.3, 0.4) is 0 Å². The molecular formula is C17H21N3O4S. The summed E-state index contributed by atoms with van der Waals surface area (Å²) in [6.07, 6.45) is 5.91. The van der Waals surface area contributed by atoms with Gasteiger partial charge in [-0.05, 0) is 25.0 Å². The van der Waals surface area contributed by atoms with Crippen LogP contribution in [0.25, 0.3) is 0 Å². The van der Waals surface area contributed by atoms with Gasteiger partial charge in [-0.15, -0.1) is 0 Å². The van der Waals surface area contributed by atoms with Gasteiger partial charge in [0.2, 0.25) is 15.9 Å². The maximum atomic E-state index is 13.1. The molecule has 0 radical (unpaired) electrons. The SMILES string of the molecule is O=C(CN(C1CCCCC1)S(=O)(=O)c1ccccc1)Nc1ccon1. The maximum absolute atomic E-state index is 13.1. The number of anilines is 1. The fourth-order valence-electron chi connectivity index (χ4n) is 3.11. The number of carbonyl (C=O) groups excluding carboxylic acids is 1. The van der Waals surface area contributed by atoms with Crippen LogP contribution in [-0.4, -0.2) is 36.4 Å². The minimum Gasteiger partial charge on any atom is -0.363 e. The molecule has 3 rings (SSSR count). The van der Waals surface area contributed by atoms with E-state index in [2.05, 4.69) is 15.0 Å². The molecule has 1 aliphatic carbocycles. The summed E-state index contributed by atoms with van der Waals surface area (Å²) >= 11 is 0. The second-order valence-corrected chi connectivity index (χ2v) is 7.98. The fourth-order valence-corrected chi connectivity index (χ4v) is 4.77. The van der Waals surface area contributed by atoms with Crippen LogP contribution >= 0.6 is 0 Å². The van der Waals surface area contributed by atoms with Gasteiger partial charge >= 0.3 is 0 Å². The Morgan fingerprint density at radius 2 is 1.88 bits per heavy atom. The smallest absolute Gasteiger partial charge is 0.243 e. The van der Waals surface area contributed by atoms with Gasteiger partial charge in [0.15, 0.2) is 5.82 Å². The van der Waals surface area contributed by atoms with E-state index in [4.69, 9.17) is 0 Å². The molecule has 1 heterocycles. The Morgan fingerprint density at radius 1 is 1.16 bits per heavy atom. The quantitative estimate of drug-likeness (QED) is 0.852. The predicted molar refractivity (Wildman–Crippen MR) is 92.3 cm³/mol. The highest BCUT2D eigenvalue weighted by Crippen LogP contribution is 2.27. The summed E-state index contributed by atoms with van der Waals surface area (Å²) in [7, 11) is -3.75. The monoisotopic (exact) mass is 363 g/mol. The van der Waals surface area contributed by atoms with E-state index in [1.807, 2.05) is 0 Å². The van der Waals surface area contributed by atoms with Crippen molar-refractivity contribution in [3.63, 3.8) is 0 Å². The van der Waals surface area contributed by atoms with Crippen LogP contribution in [0.4, 0.5) is 5.82 Å². The standard InChI is InChI=1S/C17H21N3O4S/c21-17(18-16-11-12-24-19-16)13-20(14-7-3-1-4-8-14)25(22,23)15-9-5-2-6-10-15/h2,5-6,9-12,14H,1,3-4,7-8,13H2,(H,18,19,21). The largest absolute Gasteiger partial charge is 0.363 e. The van der Waals surface area contributed by atoms with E-state index in [9.17, 15) is 13.2 Å². The molecule has 0 atom stereocenters. The number of rotatable bonds is 6. The molecule has 1 N–H and O–H groups in total. The molecular weight excluding hydrogens is 342 g/mol. The molecule has 0 unspecified atom stereocenters. The van der Waals surface area contributed by atoms with Gasteiger partial charge in [-0.1, -0.05) is 42.6 Å². The Kier molecular flexibility index (Phi) is 5.50. The van der Waals surface area contributed by atoms with Gasteiger partial charge in [0.1, 0.15) is 6.26 Å². The number of aromatic nitrogens is 1. The summed E-state index contributed by atoms with van der Waals surface area (Å²) in [6, 6.07) is 9.59. The molecule has 0 bridgehead atoms. The molecule has 7 nitrogen and oxygen atoms in total. The van der Waals surface area contributed by atoms with Crippen molar-refractivity contribution >= 4 is 21.7 Å². The number of nitrogens with zero attached hydrogens (tertiary/aromatic N) is 2. The number of nitrogens with one attached hydrogen (secondary N) is 1. The van der Waals surface area contributed by atoms with Crippen molar-refractivity contribution in [2.45, 2.75) is 43.0 Å². The molecule has 1 aliphatic rings. The van der Waals surface area contributed by atoms with Crippen LogP contribution in [0.5, 0.6) is 0 Å². The van der Waals surface area contributed by atoms with Crippen LogP contribution in [0.15, 0.2) is 52.1 Å². The lowest BCUT2D eigenvalue weighted by molar-refractivity contribution is -0.116. The zero-order valence-electron chi connectivity index (χ0n) is 13.8. The van der Waals surface area contributed by atoms with Crippen LogP contribution < -0.4 is 5.32 Å². The van der Waals surface area contributed by atoms with Gasteiger partial charge in [-0.3, -0.25) is 4.79 Å². The van der Waals surface area contributed by atoms with Crippen LogP contribution in [-0.2, 0) is 14.8 Å². The predicted octanol–water partition coefficient (Wildman–Crippen LogP) is 2.64.